The molecule has 0 aliphatic rings. The molecule has 106 valence electrons. The smallest absolute Gasteiger partial charge is 0.150 e. The minimum absolute atomic E-state index is 0.0341. The molecule has 1 heterocycles. The number of carbonyl (C=O) groups is 1. The number of benzene rings is 1. The van der Waals surface area contributed by atoms with E-state index in [2.05, 4.69) is 10.1 Å². The number of Topliss-reactive ketones (excluding diaryl/α,β-unsaturated/α-hetero) is 1. The molecule has 1 aromatic carbocycles. The zero-order chi connectivity index (χ0) is 14.8. The van der Waals surface area contributed by atoms with Crippen LogP contribution in [0.4, 0.5) is 4.39 Å². The monoisotopic (exact) mass is 275 g/mol. The second-order valence-corrected chi connectivity index (χ2v) is 5.22. The van der Waals surface area contributed by atoms with Gasteiger partial charge in [-0.25, -0.2) is 14.1 Å². The molecule has 0 atom stereocenters. The van der Waals surface area contributed by atoms with Crippen LogP contribution < -0.4 is 0 Å². The first-order valence-electron chi connectivity index (χ1n) is 6.61. The number of halogens is 1. The summed E-state index contributed by atoms with van der Waals surface area (Å²) in [5, 5.41) is 4.06. The van der Waals surface area contributed by atoms with Gasteiger partial charge < -0.3 is 0 Å². The van der Waals surface area contributed by atoms with Gasteiger partial charge in [0.1, 0.15) is 23.8 Å². The highest BCUT2D eigenvalue weighted by Crippen LogP contribution is 2.25. The van der Waals surface area contributed by atoms with Crippen LogP contribution in [-0.4, -0.2) is 20.5 Å². The molecule has 4 nitrogen and oxygen atoms in total. The Balaban J connectivity index is 2.21. The average molecular weight is 275 g/mol. The number of hydrogen-bond donors (Lipinski definition) is 0. The van der Waals surface area contributed by atoms with Crippen molar-refractivity contribution in [1.29, 1.82) is 0 Å². The normalized spacial score (nSPS) is 11.6. The highest BCUT2D eigenvalue weighted by Gasteiger charge is 2.30. The maximum Gasteiger partial charge on any atom is 0.150 e. The topological polar surface area (TPSA) is 47.8 Å². The first-order valence-corrected chi connectivity index (χ1v) is 6.61. The molecule has 0 aliphatic carbocycles. The molecule has 5 heteroatoms. The second kappa shape index (κ2) is 5.53. The average Bonchev–Trinajstić information content (AvgIpc) is 2.86. The Kier molecular flexibility index (Phi) is 3.97. The third kappa shape index (κ3) is 2.76. The summed E-state index contributed by atoms with van der Waals surface area (Å²) >= 11 is 0. The molecule has 0 unspecified atom stereocenters. The molecular weight excluding hydrogens is 257 g/mol. The SMILES string of the molecule is CCn1ncnc1CC(=O)C(C)(C)c1ccc(F)cc1. The highest BCUT2D eigenvalue weighted by atomic mass is 19.1. The number of aryl methyl sites for hydroxylation is 1. The Hall–Kier alpha value is -2.04. The van der Waals surface area contributed by atoms with Crippen molar-refractivity contribution in [2.75, 3.05) is 0 Å². The predicted molar refractivity (Wildman–Crippen MR) is 73.8 cm³/mol. The predicted octanol–water partition coefficient (Wildman–Crippen LogP) is 2.53. The van der Waals surface area contributed by atoms with Crippen molar-refractivity contribution < 1.29 is 9.18 Å². The minimum Gasteiger partial charge on any atom is -0.298 e. The van der Waals surface area contributed by atoms with Gasteiger partial charge in [-0.05, 0) is 38.5 Å². The Bertz CT molecular complexity index is 602. The zero-order valence-electron chi connectivity index (χ0n) is 11.9. The molecular formula is C15H18FN3O. The van der Waals surface area contributed by atoms with E-state index in [1.807, 2.05) is 20.8 Å². The van der Waals surface area contributed by atoms with Gasteiger partial charge in [0.2, 0.25) is 0 Å². The Morgan fingerprint density at radius 1 is 1.30 bits per heavy atom. The van der Waals surface area contributed by atoms with Gasteiger partial charge in [-0.3, -0.25) is 4.79 Å². The van der Waals surface area contributed by atoms with Gasteiger partial charge in [0.15, 0.2) is 0 Å². The molecule has 0 aliphatic heterocycles. The lowest BCUT2D eigenvalue weighted by molar-refractivity contribution is -0.123. The van der Waals surface area contributed by atoms with E-state index in [4.69, 9.17) is 0 Å². The van der Waals surface area contributed by atoms with E-state index < -0.39 is 5.41 Å². The minimum atomic E-state index is -0.682. The van der Waals surface area contributed by atoms with Crippen LogP contribution in [0.25, 0.3) is 0 Å². The van der Waals surface area contributed by atoms with Crippen molar-refractivity contribution in [2.24, 2.45) is 0 Å². The largest absolute Gasteiger partial charge is 0.298 e. The summed E-state index contributed by atoms with van der Waals surface area (Å²) in [5.41, 5.74) is 0.115. The Morgan fingerprint density at radius 2 is 1.95 bits per heavy atom. The van der Waals surface area contributed by atoms with E-state index in [0.29, 0.717) is 12.4 Å². The molecule has 0 saturated heterocycles. The van der Waals surface area contributed by atoms with E-state index >= 15 is 0 Å². The summed E-state index contributed by atoms with van der Waals surface area (Å²) in [5.74, 6) is 0.391. The summed E-state index contributed by atoms with van der Waals surface area (Å²) in [6.45, 7) is 6.32. The number of hydrogen-bond acceptors (Lipinski definition) is 3. The fourth-order valence-corrected chi connectivity index (χ4v) is 2.08. The van der Waals surface area contributed by atoms with Gasteiger partial charge in [0.05, 0.1) is 6.42 Å². The second-order valence-electron chi connectivity index (χ2n) is 5.22. The van der Waals surface area contributed by atoms with Gasteiger partial charge in [-0.2, -0.15) is 5.10 Å². The molecule has 1 aromatic heterocycles. The fraction of sp³-hybridized carbons (Fsp3) is 0.400. The van der Waals surface area contributed by atoms with Gasteiger partial charge in [0, 0.05) is 12.0 Å². The molecule has 0 fully saturated rings. The molecule has 0 spiro atoms. The zero-order valence-corrected chi connectivity index (χ0v) is 11.9. The third-order valence-corrected chi connectivity index (χ3v) is 3.58. The number of nitrogens with zero attached hydrogens (tertiary/aromatic N) is 3. The van der Waals surface area contributed by atoms with Gasteiger partial charge in [-0.1, -0.05) is 12.1 Å². The molecule has 0 bridgehead atoms. The van der Waals surface area contributed by atoms with Crippen LogP contribution in [0.3, 0.4) is 0 Å². The van der Waals surface area contributed by atoms with Crippen LogP contribution in [0, 0.1) is 5.82 Å². The number of carbonyl (C=O) groups excluding carboxylic acids is 1. The van der Waals surface area contributed by atoms with Gasteiger partial charge in [0.25, 0.3) is 0 Å². The van der Waals surface area contributed by atoms with Crippen LogP contribution in [0.1, 0.15) is 32.2 Å². The highest BCUT2D eigenvalue weighted by molar-refractivity contribution is 5.90. The lowest BCUT2D eigenvalue weighted by Crippen LogP contribution is -2.31. The quantitative estimate of drug-likeness (QED) is 0.842. The Morgan fingerprint density at radius 3 is 2.55 bits per heavy atom. The number of ketones is 1. The lowest BCUT2D eigenvalue weighted by Gasteiger charge is -2.23. The number of rotatable bonds is 5. The van der Waals surface area contributed by atoms with Crippen molar-refractivity contribution in [2.45, 2.75) is 39.2 Å². The van der Waals surface area contributed by atoms with Crippen LogP contribution in [0.5, 0.6) is 0 Å². The summed E-state index contributed by atoms with van der Waals surface area (Å²) in [6.07, 6.45) is 1.68. The van der Waals surface area contributed by atoms with Crippen molar-refractivity contribution >= 4 is 5.78 Å². The molecule has 0 saturated carbocycles. The van der Waals surface area contributed by atoms with E-state index in [9.17, 15) is 9.18 Å². The lowest BCUT2D eigenvalue weighted by atomic mass is 9.79. The first-order chi connectivity index (χ1) is 9.45. The summed E-state index contributed by atoms with van der Waals surface area (Å²) in [7, 11) is 0. The van der Waals surface area contributed by atoms with Crippen molar-refractivity contribution in [3.05, 3.63) is 47.8 Å². The molecule has 0 amide bonds. The molecule has 0 N–H and O–H groups in total. The summed E-state index contributed by atoms with van der Waals surface area (Å²) in [4.78, 5) is 16.6. The van der Waals surface area contributed by atoms with E-state index in [-0.39, 0.29) is 18.0 Å². The van der Waals surface area contributed by atoms with E-state index in [0.717, 1.165) is 5.56 Å². The summed E-state index contributed by atoms with van der Waals surface area (Å²) in [6, 6.07) is 6.05. The van der Waals surface area contributed by atoms with Crippen LogP contribution in [0.15, 0.2) is 30.6 Å². The number of aromatic nitrogens is 3. The maximum absolute atomic E-state index is 13.0. The van der Waals surface area contributed by atoms with Gasteiger partial charge in [-0.15, -0.1) is 0 Å². The first kappa shape index (κ1) is 14.4. The molecule has 2 aromatic rings. The van der Waals surface area contributed by atoms with Crippen LogP contribution in [-0.2, 0) is 23.2 Å². The van der Waals surface area contributed by atoms with Crippen molar-refractivity contribution in [3.63, 3.8) is 0 Å². The van der Waals surface area contributed by atoms with E-state index in [1.54, 1.807) is 16.8 Å². The third-order valence-electron chi connectivity index (χ3n) is 3.58. The van der Waals surface area contributed by atoms with Crippen molar-refractivity contribution in [1.82, 2.24) is 14.8 Å². The molecule has 0 radical (unpaired) electrons. The van der Waals surface area contributed by atoms with Crippen LogP contribution in [0.2, 0.25) is 0 Å². The fourth-order valence-electron chi connectivity index (χ4n) is 2.08. The molecule has 20 heavy (non-hydrogen) atoms. The van der Waals surface area contributed by atoms with E-state index in [1.165, 1.54) is 18.5 Å². The maximum atomic E-state index is 13.0. The summed E-state index contributed by atoms with van der Waals surface area (Å²) < 4.78 is 14.7. The van der Waals surface area contributed by atoms with Gasteiger partial charge >= 0.3 is 0 Å². The molecule has 2 rings (SSSR count). The van der Waals surface area contributed by atoms with Crippen LogP contribution >= 0.6 is 0 Å². The Labute approximate surface area is 117 Å². The van der Waals surface area contributed by atoms with Crippen molar-refractivity contribution in [3.8, 4) is 0 Å². The standard InChI is InChI=1S/C15H18FN3O/c1-4-19-14(17-10-18-19)9-13(20)15(2,3)11-5-7-12(16)8-6-11/h5-8,10H,4,9H2,1-3H3.